The molecule has 0 atom stereocenters. The molecule has 1 aromatic heterocycles. The average molecular weight is 262 g/mol. The molecule has 0 unspecified atom stereocenters. The zero-order chi connectivity index (χ0) is 13.8. The summed E-state index contributed by atoms with van der Waals surface area (Å²) in [6.45, 7) is 4.64. The third-order valence-electron chi connectivity index (χ3n) is 3.42. The molecule has 102 valence electrons. The number of hydrogen-bond acceptors (Lipinski definition) is 3. The van der Waals surface area contributed by atoms with Crippen LogP contribution >= 0.6 is 0 Å². The molecule has 19 heavy (non-hydrogen) atoms. The number of benzene rings is 1. The Morgan fingerprint density at radius 2 is 1.84 bits per heavy atom. The second-order valence-corrected chi connectivity index (χ2v) is 4.53. The van der Waals surface area contributed by atoms with E-state index in [0.29, 0.717) is 12.5 Å². The van der Waals surface area contributed by atoms with Crippen LogP contribution in [0.5, 0.6) is 0 Å². The van der Waals surface area contributed by atoms with Gasteiger partial charge < -0.3 is 5.73 Å². The van der Waals surface area contributed by atoms with Crippen LogP contribution in [-0.4, -0.2) is 15.0 Å². The highest BCUT2D eigenvalue weighted by Gasteiger charge is 2.20. The Morgan fingerprint density at radius 1 is 1.21 bits per heavy atom. The van der Waals surface area contributed by atoms with Crippen molar-refractivity contribution in [1.29, 1.82) is 0 Å². The lowest BCUT2D eigenvalue weighted by Gasteiger charge is -2.15. The van der Waals surface area contributed by atoms with Crippen molar-refractivity contribution >= 4 is 0 Å². The topological polar surface area (TPSA) is 56.7 Å². The van der Waals surface area contributed by atoms with Gasteiger partial charge in [0.05, 0.1) is 11.4 Å². The molecule has 0 aliphatic rings. The highest BCUT2D eigenvalue weighted by Crippen LogP contribution is 2.27. The molecule has 0 saturated carbocycles. The maximum absolute atomic E-state index is 13.0. The number of rotatable bonds is 5. The lowest BCUT2D eigenvalue weighted by atomic mass is 9.97. The molecule has 2 rings (SSSR count). The monoisotopic (exact) mass is 262 g/mol. The molecule has 0 fully saturated rings. The maximum Gasteiger partial charge on any atom is 0.123 e. The molecule has 2 N–H and O–H groups in total. The van der Waals surface area contributed by atoms with Crippen LogP contribution in [0, 0.1) is 5.82 Å². The average Bonchev–Trinajstić information content (AvgIpc) is 2.85. The van der Waals surface area contributed by atoms with Crippen molar-refractivity contribution in [2.45, 2.75) is 39.2 Å². The lowest BCUT2D eigenvalue weighted by Crippen LogP contribution is -2.10. The van der Waals surface area contributed by atoms with Crippen molar-refractivity contribution in [3.8, 4) is 5.69 Å². The van der Waals surface area contributed by atoms with Gasteiger partial charge in [-0.15, -0.1) is 5.10 Å². The smallest absolute Gasteiger partial charge is 0.123 e. The van der Waals surface area contributed by atoms with Gasteiger partial charge in [-0.2, -0.15) is 0 Å². The van der Waals surface area contributed by atoms with E-state index in [-0.39, 0.29) is 5.82 Å². The fourth-order valence-electron chi connectivity index (χ4n) is 2.32. The molecule has 0 aliphatic carbocycles. The molecule has 0 aliphatic heterocycles. The Kier molecular flexibility index (Phi) is 4.27. The summed E-state index contributed by atoms with van der Waals surface area (Å²) in [5.74, 6) is 0.102. The minimum Gasteiger partial charge on any atom is -0.325 e. The summed E-state index contributed by atoms with van der Waals surface area (Å²) in [6.07, 6.45) is 2.00. The molecule has 1 aromatic carbocycles. The summed E-state index contributed by atoms with van der Waals surface area (Å²) in [4.78, 5) is 0. The van der Waals surface area contributed by atoms with Gasteiger partial charge in [-0.25, -0.2) is 9.07 Å². The van der Waals surface area contributed by atoms with Gasteiger partial charge in [-0.1, -0.05) is 19.1 Å². The van der Waals surface area contributed by atoms with Crippen molar-refractivity contribution in [3.63, 3.8) is 0 Å². The van der Waals surface area contributed by atoms with E-state index in [9.17, 15) is 4.39 Å². The molecule has 0 bridgehead atoms. The normalized spacial score (nSPS) is 11.2. The molecular weight excluding hydrogens is 243 g/mol. The third-order valence-corrected chi connectivity index (χ3v) is 3.42. The summed E-state index contributed by atoms with van der Waals surface area (Å²) < 4.78 is 14.8. The maximum atomic E-state index is 13.0. The van der Waals surface area contributed by atoms with E-state index in [1.165, 1.54) is 12.1 Å². The highest BCUT2D eigenvalue weighted by atomic mass is 19.1. The molecule has 0 saturated heterocycles. The van der Waals surface area contributed by atoms with Crippen LogP contribution in [0.2, 0.25) is 0 Å². The van der Waals surface area contributed by atoms with E-state index in [2.05, 4.69) is 24.2 Å². The largest absolute Gasteiger partial charge is 0.325 e. The van der Waals surface area contributed by atoms with Gasteiger partial charge in [0.1, 0.15) is 11.5 Å². The second kappa shape index (κ2) is 5.93. The van der Waals surface area contributed by atoms with Gasteiger partial charge in [0, 0.05) is 12.5 Å². The molecule has 0 amide bonds. The van der Waals surface area contributed by atoms with Crippen molar-refractivity contribution < 1.29 is 4.39 Å². The third kappa shape index (κ3) is 2.66. The van der Waals surface area contributed by atoms with E-state index >= 15 is 0 Å². The first-order valence-electron chi connectivity index (χ1n) is 6.61. The standard InChI is InChI=1S/C14H19FN4/c1-3-10(4-2)14-13(9-16)17-18-19(14)12-7-5-11(15)6-8-12/h5-8,10H,3-4,9,16H2,1-2H3. The number of hydrogen-bond donors (Lipinski definition) is 1. The Morgan fingerprint density at radius 3 is 2.37 bits per heavy atom. The second-order valence-electron chi connectivity index (χ2n) is 4.53. The predicted octanol–water partition coefficient (Wildman–Crippen LogP) is 2.77. The van der Waals surface area contributed by atoms with Crippen LogP contribution in [0.1, 0.15) is 44.0 Å². The van der Waals surface area contributed by atoms with Crippen LogP contribution in [0.25, 0.3) is 5.69 Å². The van der Waals surface area contributed by atoms with Gasteiger partial charge in [-0.05, 0) is 37.1 Å². The Balaban J connectivity index is 2.51. The molecule has 0 spiro atoms. The Labute approximate surface area is 112 Å². The number of nitrogens with zero attached hydrogens (tertiary/aromatic N) is 3. The number of halogens is 1. The van der Waals surface area contributed by atoms with Gasteiger partial charge in [0.2, 0.25) is 0 Å². The molecule has 5 heteroatoms. The fraction of sp³-hybridized carbons (Fsp3) is 0.429. The van der Waals surface area contributed by atoms with Crippen molar-refractivity contribution in [2.24, 2.45) is 5.73 Å². The lowest BCUT2D eigenvalue weighted by molar-refractivity contribution is 0.589. The zero-order valence-electron chi connectivity index (χ0n) is 11.3. The summed E-state index contributed by atoms with van der Waals surface area (Å²) in [5.41, 5.74) is 8.41. The van der Waals surface area contributed by atoms with E-state index in [1.807, 2.05) is 0 Å². The van der Waals surface area contributed by atoms with Crippen LogP contribution in [-0.2, 0) is 6.54 Å². The van der Waals surface area contributed by atoms with Crippen LogP contribution in [0.3, 0.4) is 0 Å². The molecule has 2 aromatic rings. The Hall–Kier alpha value is -1.75. The number of aromatic nitrogens is 3. The van der Waals surface area contributed by atoms with Crippen LogP contribution in [0.4, 0.5) is 4.39 Å². The van der Waals surface area contributed by atoms with Gasteiger partial charge in [0.15, 0.2) is 0 Å². The molecule has 0 radical (unpaired) electrons. The van der Waals surface area contributed by atoms with Gasteiger partial charge in [0.25, 0.3) is 0 Å². The van der Waals surface area contributed by atoms with E-state index < -0.39 is 0 Å². The van der Waals surface area contributed by atoms with Crippen molar-refractivity contribution in [1.82, 2.24) is 15.0 Å². The minimum atomic E-state index is -0.257. The SMILES string of the molecule is CCC(CC)c1c(CN)nnn1-c1ccc(F)cc1. The van der Waals surface area contributed by atoms with E-state index in [4.69, 9.17) is 5.73 Å². The quantitative estimate of drug-likeness (QED) is 0.901. The number of nitrogens with two attached hydrogens (primary N) is 1. The van der Waals surface area contributed by atoms with Gasteiger partial charge >= 0.3 is 0 Å². The molecular formula is C14H19FN4. The summed E-state index contributed by atoms with van der Waals surface area (Å²) in [7, 11) is 0. The summed E-state index contributed by atoms with van der Waals surface area (Å²) in [6, 6.07) is 6.26. The minimum absolute atomic E-state index is 0.257. The molecule has 4 nitrogen and oxygen atoms in total. The zero-order valence-corrected chi connectivity index (χ0v) is 11.3. The molecule has 1 heterocycles. The predicted molar refractivity (Wildman–Crippen MR) is 72.5 cm³/mol. The highest BCUT2D eigenvalue weighted by molar-refractivity contribution is 5.34. The van der Waals surface area contributed by atoms with Crippen LogP contribution < -0.4 is 5.73 Å². The first kappa shape index (κ1) is 13.7. The summed E-state index contributed by atoms with van der Waals surface area (Å²) >= 11 is 0. The van der Waals surface area contributed by atoms with Crippen molar-refractivity contribution in [3.05, 3.63) is 41.5 Å². The van der Waals surface area contributed by atoms with E-state index in [0.717, 1.165) is 29.9 Å². The summed E-state index contributed by atoms with van der Waals surface area (Å²) in [5, 5.41) is 8.31. The van der Waals surface area contributed by atoms with Crippen LogP contribution in [0.15, 0.2) is 24.3 Å². The Bertz CT molecular complexity index is 529. The first-order valence-corrected chi connectivity index (χ1v) is 6.61. The van der Waals surface area contributed by atoms with E-state index in [1.54, 1.807) is 16.8 Å². The van der Waals surface area contributed by atoms with Gasteiger partial charge in [-0.3, -0.25) is 0 Å². The first-order chi connectivity index (χ1) is 9.21. The fourth-order valence-corrected chi connectivity index (χ4v) is 2.32. The van der Waals surface area contributed by atoms with Crippen molar-refractivity contribution in [2.75, 3.05) is 0 Å².